The number of hydrogen-bond acceptors (Lipinski definition) is 4. The minimum atomic E-state index is -1.01. The van der Waals surface area contributed by atoms with Crippen LogP contribution < -0.4 is 10.6 Å². The third-order valence-electron chi connectivity index (χ3n) is 3.54. The highest BCUT2D eigenvalue weighted by atomic mass is 16.4. The molecule has 19 heavy (non-hydrogen) atoms. The maximum absolute atomic E-state index is 11.0. The molecule has 0 spiro atoms. The van der Waals surface area contributed by atoms with Crippen LogP contribution in [0.5, 0.6) is 0 Å². The van der Waals surface area contributed by atoms with Gasteiger partial charge in [0, 0.05) is 6.20 Å². The minimum Gasteiger partial charge on any atom is -0.465 e. The quantitative estimate of drug-likeness (QED) is 0.768. The normalized spacial score (nSPS) is 18.0. The number of carboxylic acid groups (broad SMARTS) is 1. The summed E-state index contributed by atoms with van der Waals surface area (Å²) in [4.78, 5) is 19.8. The molecule has 3 N–H and O–H groups in total. The van der Waals surface area contributed by atoms with Gasteiger partial charge < -0.3 is 15.7 Å². The van der Waals surface area contributed by atoms with E-state index in [9.17, 15) is 4.79 Å². The first-order valence-corrected chi connectivity index (χ1v) is 6.58. The molecule has 1 unspecified atom stereocenters. The van der Waals surface area contributed by atoms with Crippen molar-refractivity contribution in [1.82, 2.24) is 20.6 Å². The molecule has 1 atom stereocenters. The van der Waals surface area contributed by atoms with Crippen LogP contribution >= 0.6 is 0 Å². The number of aryl methyl sites for hydroxylation is 2. The Kier molecular flexibility index (Phi) is 4.31. The summed E-state index contributed by atoms with van der Waals surface area (Å²) in [6.07, 6.45) is 2.59. The van der Waals surface area contributed by atoms with Crippen molar-refractivity contribution in [2.24, 2.45) is 5.92 Å². The molecule has 1 aliphatic rings. The topological polar surface area (TPSA) is 87.1 Å². The first-order chi connectivity index (χ1) is 9.08. The summed E-state index contributed by atoms with van der Waals surface area (Å²) in [6, 6.07) is -0.271. The Morgan fingerprint density at radius 1 is 1.47 bits per heavy atom. The van der Waals surface area contributed by atoms with Crippen LogP contribution in [-0.2, 0) is 0 Å². The second-order valence-corrected chi connectivity index (χ2v) is 5.00. The molecule has 1 aromatic heterocycles. The van der Waals surface area contributed by atoms with Gasteiger partial charge in [0.05, 0.1) is 23.1 Å². The van der Waals surface area contributed by atoms with Crippen molar-refractivity contribution in [3.05, 3.63) is 23.3 Å². The van der Waals surface area contributed by atoms with Crippen molar-refractivity contribution in [2.75, 3.05) is 13.1 Å². The average Bonchev–Trinajstić information content (AvgIpc) is 2.40. The number of piperidine rings is 1. The van der Waals surface area contributed by atoms with Crippen molar-refractivity contribution in [3.8, 4) is 0 Å². The summed E-state index contributed by atoms with van der Waals surface area (Å²) >= 11 is 0. The summed E-state index contributed by atoms with van der Waals surface area (Å²) in [5.74, 6) is 0.271. The number of hydrogen-bond donors (Lipinski definition) is 3. The summed E-state index contributed by atoms with van der Waals surface area (Å²) in [6.45, 7) is 5.58. The largest absolute Gasteiger partial charge is 0.465 e. The third kappa shape index (κ3) is 3.41. The van der Waals surface area contributed by atoms with Crippen LogP contribution in [0.15, 0.2) is 6.20 Å². The first kappa shape index (κ1) is 13.7. The molecule has 0 saturated carbocycles. The predicted octanol–water partition coefficient (Wildman–Crippen LogP) is 1.40. The lowest BCUT2D eigenvalue weighted by atomic mass is 9.87. The number of nitrogens with one attached hydrogen (secondary N) is 2. The molecule has 2 heterocycles. The summed E-state index contributed by atoms with van der Waals surface area (Å²) in [7, 11) is 0. The summed E-state index contributed by atoms with van der Waals surface area (Å²) in [5, 5.41) is 15.0. The Balaban J connectivity index is 2.29. The van der Waals surface area contributed by atoms with E-state index in [1.807, 2.05) is 13.8 Å². The van der Waals surface area contributed by atoms with Crippen LogP contribution in [0.25, 0.3) is 0 Å². The van der Waals surface area contributed by atoms with Gasteiger partial charge in [-0.15, -0.1) is 0 Å². The number of rotatable bonds is 3. The molecular formula is C13H20N4O2. The molecule has 0 aliphatic carbocycles. The van der Waals surface area contributed by atoms with Gasteiger partial charge in [0.15, 0.2) is 0 Å². The van der Waals surface area contributed by atoms with Crippen molar-refractivity contribution in [2.45, 2.75) is 32.7 Å². The SMILES string of the molecule is Cc1cnc(C)c(C(NC(=O)O)C2CCNCC2)n1. The Morgan fingerprint density at radius 3 is 2.79 bits per heavy atom. The molecule has 1 aliphatic heterocycles. The van der Waals surface area contributed by atoms with Gasteiger partial charge in [-0.25, -0.2) is 4.79 Å². The fraction of sp³-hybridized carbons (Fsp3) is 0.615. The second-order valence-electron chi connectivity index (χ2n) is 5.00. The van der Waals surface area contributed by atoms with Crippen LogP contribution in [0.3, 0.4) is 0 Å². The Labute approximate surface area is 112 Å². The number of nitrogens with zero attached hydrogens (tertiary/aromatic N) is 2. The van der Waals surface area contributed by atoms with Crippen LogP contribution in [0, 0.1) is 19.8 Å². The summed E-state index contributed by atoms with van der Waals surface area (Å²) in [5.41, 5.74) is 2.36. The van der Waals surface area contributed by atoms with Gasteiger partial charge in [0.1, 0.15) is 0 Å². The van der Waals surface area contributed by atoms with Crippen LogP contribution in [0.4, 0.5) is 4.79 Å². The Morgan fingerprint density at radius 2 is 2.16 bits per heavy atom. The number of aromatic nitrogens is 2. The Bertz CT molecular complexity index is 458. The zero-order chi connectivity index (χ0) is 13.8. The van der Waals surface area contributed by atoms with E-state index >= 15 is 0 Å². The van der Waals surface area contributed by atoms with Gasteiger partial charge in [-0.05, 0) is 45.7 Å². The van der Waals surface area contributed by atoms with Gasteiger partial charge in [0.2, 0.25) is 0 Å². The minimum absolute atomic E-state index is 0.271. The van der Waals surface area contributed by atoms with Crippen LogP contribution in [-0.4, -0.2) is 34.3 Å². The number of amides is 1. The van der Waals surface area contributed by atoms with E-state index in [1.165, 1.54) is 0 Å². The molecule has 6 nitrogen and oxygen atoms in total. The molecule has 0 aromatic carbocycles. The Hall–Kier alpha value is -1.69. The van der Waals surface area contributed by atoms with E-state index in [-0.39, 0.29) is 12.0 Å². The summed E-state index contributed by atoms with van der Waals surface area (Å²) < 4.78 is 0. The number of carbonyl (C=O) groups is 1. The zero-order valence-electron chi connectivity index (χ0n) is 11.3. The fourth-order valence-corrected chi connectivity index (χ4v) is 2.57. The van der Waals surface area contributed by atoms with Crippen molar-refractivity contribution >= 4 is 6.09 Å². The third-order valence-corrected chi connectivity index (χ3v) is 3.54. The van der Waals surface area contributed by atoms with Gasteiger partial charge in [-0.1, -0.05) is 0 Å². The lowest BCUT2D eigenvalue weighted by Crippen LogP contribution is -2.39. The fourth-order valence-electron chi connectivity index (χ4n) is 2.57. The van der Waals surface area contributed by atoms with Crippen molar-refractivity contribution in [3.63, 3.8) is 0 Å². The van der Waals surface area contributed by atoms with E-state index in [4.69, 9.17) is 5.11 Å². The van der Waals surface area contributed by atoms with Crippen molar-refractivity contribution < 1.29 is 9.90 Å². The molecule has 0 bridgehead atoms. The van der Waals surface area contributed by atoms with Crippen LogP contribution in [0.1, 0.15) is 36.0 Å². The van der Waals surface area contributed by atoms with Gasteiger partial charge >= 0.3 is 6.09 Å². The van der Waals surface area contributed by atoms with E-state index in [2.05, 4.69) is 20.6 Å². The van der Waals surface area contributed by atoms with Crippen molar-refractivity contribution in [1.29, 1.82) is 0 Å². The highest BCUT2D eigenvalue weighted by Gasteiger charge is 2.29. The molecule has 104 valence electrons. The van der Waals surface area contributed by atoms with Gasteiger partial charge in [0.25, 0.3) is 0 Å². The lowest BCUT2D eigenvalue weighted by Gasteiger charge is -2.30. The van der Waals surface area contributed by atoms with E-state index in [1.54, 1.807) is 6.20 Å². The molecule has 1 aromatic rings. The smallest absolute Gasteiger partial charge is 0.405 e. The average molecular weight is 264 g/mol. The maximum Gasteiger partial charge on any atom is 0.405 e. The molecule has 6 heteroatoms. The van der Waals surface area contributed by atoms with E-state index in [0.29, 0.717) is 0 Å². The second kappa shape index (κ2) is 5.97. The van der Waals surface area contributed by atoms with E-state index in [0.717, 1.165) is 43.0 Å². The van der Waals surface area contributed by atoms with Gasteiger partial charge in [-0.3, -0.25) is 9.97 Å². The molecule has 1 saturated heterocycles. The van der Waals surface area contributed by atoms with E-state index < -0.39 is 6.09 Å². The first-order valence-electron chi connectivity index (χ1n) is 6.58. The molecule has 0 radical (unpaired) electrons. The maximum atomic E-state index is 11.0. The lowest BCUT2D eigenvalue weighted by molar-refractivity contribution is 0.178. The zero-order valence-corrected chi connectivity index (χ0v) is 11.3. The standard InChI is InChI=1S/C13H20N4O2/c1-8-7-15-9(2)11(16-8)12(17-13(18)19)10-3-5-14-6-4-10/h7,10,12,14,17H,3-6H2,1-2H3,(H,18,19). The molecular weight excluding hydrogens is 244 g/mol. The van der Waals surface area contributed by atoms with Gasteiger partial charge in [-0.2, -0.15) is 0 Å². The molecule has 1 fully saturated rings. The highest BCUT2D eigenvalue weighted by Crippen LogP contribution is 2.29. The molecule has 1 amide bonds. The predicted molar refractivity (Wildman–Crippen MR) is 71.0 cm³/mol. The van der Waals surface area contributed by atoms with Crippen LogP contribution in [0.2, 0.25) is 0 Å². The highest BCUT2D eigenvalue weighted by molar-refractivity contribution is 5.65. The molecule has 2 rings (SSSR count). The monoisotopic (exact) mass is 264 g/mol.